The number of hydrogen-bond donors (Lipinski definition) is 1. The minimum atomic E-state index is -0.264. The molecule has 0 atom stereocenters. The van der Waals surface area contributed by atoms with Gasteiger partial charge in [-0.1, -0.05) is 28.1 Å². The molecule has 3 nitrogen and oxygen atoms in total. The fourth-order valence-electron chi connectivity index (χ4n) is 1.04. The number of likely N-dealkylation sites (N-methyl/N-ethyl adjacent to an activating group) is 1. The minimum Gasteiger partial charge on any atom is -0.355 e. The standard InChI is InChI=1S/C11H10BrNO2S/c1-13-11(15)10(16-7-14)6-8-2-4-9(12)5-3-8/h2-7H,1H3,(H,13,15)/b10-6-. The third-order valence-electron chi connectivity index (χ3n) is 1.79. The smallest absolute Gasteiger partial charge is 0.257 e. The van der Waals surface area contributed by atoms with E-state index >= 15 is 0 Å². The third kappa shape index (κ3) is 3.83. The zero-order valence-corrected chi connectivity index (χ0v) is 11.0. The Morgan fingerprint density at radius 3 is 2.50 bits per heavy atom. The highest BCUT2D eigenvalue weighted by molar-refractivity contribution is 9.10. The number of amides is 1. The first-order chi connectivity index (χ1) is 7.67. The van der Waals surface area contributed by atoms with Crippen molar-refractivity contribution in [1.29, 1.82) is 0 Å². The van der Waals surface area contributed by atoms with Gasteiger partial charge < -0.3 is 5.32 Å². The molecule has 0 aliphatic heterocycles. The lowest BCUT2D eigenvalue weighted by atomic mass is 10.2. The summed E-state index contributed by atoms with van der Waals surface area (Å²) in [7, 11) is 1.53. The molecule has 0 radical (unpaired) electrons. The summed E-state index contributed by atoms with van der Waals surface area (Å²) in [4.78, 5) is 22.2. The summed E-state index contributed by atoms with van der Waals surface area (Å²) in [6.07, 6.45) is 1.67. The number of carbonyl (C=O) groups excluding carboxylic acids is 2. The quantitative estimate of drug-likeness (QED) is 0.686. The predicted octanol–water partition coefficient (Wildman–Crippen LogP) is 2.46. The molecule has 1 aromatic carbocycles. The average Bonchev–Trinajstić information content (AvgIpc) is 2.30. The average molecular weight is 300 g/mol. The predicted molar refractivity (Wildman–Crippen MR) is 70.5 cm³/mol. The van der Waals surface area contributed by atoms with Crippen molar-refractivity contribution >= 4 is 45.3 Å². The number of benzene rings is 1. The largest absolute Gasteiger partial charge is 0.355 e. The van der Waals surface area contributed by atoms with Crippen LogP contribution >= 0.6 is 27.7 Å². The summed E-state index contributed by atoms with van der Waals surface area (Å²) in [5.74, 6) is -0.264. The number of rotatable bonds is 4. The first-order valence-corrected chi connectivity index (χ1v) is 6.14. The van der Waals surface area contributed by atoms with Crippen molar-refractivity contribution in [2.24, 2.45) is 0 Å². The highest BCUT2D eigenvalue weighted by Gasteiger charge is 2.07. The van der Waals surface area contributed by atoms with Crippen molar-refractivity contribution in [3.63, 3.8) is 0 Å². The lowest BCUT2D eigenvalue weighted by Crippen LogP contribution is -2.18. The lowest BCUT2D eigenvalue weighted by molar-refractivity contribution is -0.116. The SMILES string of the molecule is CNC(=O)/C(=C/c1ccc(Br)cc1)SC=O. The van der Waals surface area contributed by atoms with Crippen molar-refractivity contribution in [3.05, 3.63) is 39.2 Å². The van der Waals surface area contributed by atoms with Crippen LogP contribution in [0.25, 0.3) is 6.08 Å². The molecular weight excluding hydrogens is 290 g/mol. The second kappa shape index (κ2) is 6.50. The summed E-state index contributed by atoms with van der Waals surface area (Å²) >= 11 is 4.19. The third-order valence-corrected chi connectivity index (χ3v) is 2.98. The minimum absolute atomic E-state index is 0.264. The second-order valence-electron chi connectivity index (χ2n) is 2.85. The van der Waals surface area contributed by atoms with Crippen LogP contribution in [0.2, 0.25) is 0 Å². The van der Waals surface area contributed by atoms with Gasteiger partial charge in [-0.15, -0.1) is 0 Å². The lowest BCUT2D eigenvalue weighted by Gasteiger charge is -2.01. The summed E-state index contributed by atoms with van der Waals surface area (Å²) < 4.78 is 0.967. The van der Waals surface area contributed by atoms with E-state index in [1.165, 1.54) is 7.05 Å². The van der Waals surface area contributed by atoms with Crippen LogP contribution in [0, 0.1) is 0 Å². The van der Waals surface area contributed by atoms with Crippen molar-refractivity contribution < 1.29 is 9.59 Å². The van der Waals surface area contributed by atoms with E-state index < -0.39 is 0 Å². The van der Waals surface area contributed by atoms with Gasteiger partial charge in [-0.3, -0.25) is 9.59 Å². The van der Waals surface area contributed by atoms with Gasteiger partial charge in [0.2, 0.25) is 0 Å². The maximum Gasteiger partial charge on any atom is 0.257 e. The Kier molecular flexibility index (Phi) is 5.28. The summed E-state index contributed by atoms with van der Waals surface area (Å²) in [6.45, 7) is 0. The highest BCUT2D eigenvalue weighted by atomic mass is 79.9. The molecule has 0 fully saturated rings. The van der Waals surface area contributed by atoms with E-state index in [1.54, 1.807) is 6.08 Å². The molecule has 84 valence electrons. The summed E-state index contributed by atoms with van der Waals surface area (Å²) in [6, 6.07) is 7.47. The van der Waals surface area contributed by atoms with Crippen molar-refractivity contribution in [2.45, 2.75) is 0 Å². The van der Waals surface area contributed by atoms with Gasteiger partial charge in [0.1, 0.15) is 0 Å². The summed E-state index contributed by atoms with van der Waals surface area (Å²) in [5.41, 5.74) is 1.51. The van der Waals surface area contributed by atoms with Crippen LogP contribution in [0.15, 0.2) is 33.6 Å². The van der Waals surface area contributed by atoms with Gasteiger partial charge in [-0.2, -0.15) is 0 Å². The molecule has 5 heteroatoms. The number of thioether (sulfide) groups is 1. The first kappa shape index (κ1) is 13.0. The molecule has 0 bridgehead atoms. The molecule has 0 aliphatic carbocycles. The molecule has 0 saturated carbocycles. The van der Waals surface area contributed by atoms with Gasteiger partial charge in [-0.05, 0) is 35.5 Å². The van der Waals surface area contributed by atoms with Crippen molar-refractivity contribution in [2.75, 3.05) is 7.05 Å². The number of halogens is 1. The normalized spacial score (nSPS) is 11.0. The van der Waals surface area contributed by atoms with E-state index in [-0.39, 0.29) is 5.91 Å². The molecule has 1 rings (SSSR count). The monoisotopic (exact) mass is 299 g/mol. The topological polar surface area (TPSA) is 46.2 Å². The molecule has 1 amide bonds. The fraction of sp³-hybridized carbons (Fsp3) is 0.0909. The van der Waals surface area contributed by atoms with E-state index in [4.69, 9.17) is 0 Å². The zero-order valence-electron chi connectivity index (χ0n) is 8.57. The molecule has 0 aliphatic rings. The van der Waals surface area contributed by atoms with Crippen LogP contribution in [0.3, 0.4) is 0 Å². The second-order valence-corrected chi connectivity index (χ2v) is 4.64. The van der Waals surface area contributed by atoms with E-state index in [2.05, 4.69) is 21.2 Å². The van der Waals surface area contributed by atoms with Crippen LogP contribution in [-0.2, 0) is 9.59 Å². The molecule has 0 spiro atoms. The van der Waals surface area contributed by atoms with Crippen LogP contribution < -0.4 is 5.32 Å². The van der Waals surface area contributed by atoms with Crippen LogP contribution in [-0.4, -0.2) is 18.6 Å². The van der Waals surface area contributed by atoms with E-state index in [9.17, 15) is 9.59 Å². The zero-order chi connectivity index (χ0) is 12.0. The molecule has 0 aromatic heterocycles. The molecule has 1 aromatic rings. The number of nitrogens with one attached hydrogen (secondary N) is 1. The maximum absolute atomic E-state index is 11.4. The number of hydrogen-bond acceptors (Lipinski definition) is 3. The van der Waals surface area contributed by atoms with Gasteiger partial charge >= 0.3 is 0 Å². The molecule has 1 N–H and O–H groups in total. The van der Waals surface area contributed by atoms with Crippen LogP contribution in [0.1, 0.15) is 5.56 Å². The number of carbonyl (C=O) groups is 2. The molecule has 16 heavy (non-hydrogen) atoms. The Bertz CT molecular complexity index is 414. The van der Waals surface area contributed by atoms with Gasteiger partial charge in [0.15, 0.2) is 5.62 Å². The Morgan fingerprint density at radius 1 is 1.38 bits per heavy atom. The van der Waals surface area contributed by atoms with Gasteiger partial charge in [0, 0.05) is 11.5 Å². The summed E-state index contributed by atoms with van der Waals surface area (Å²) in [5, 5.41) is 2.49. The van der Waals surface area contributed by atoms with E-state index in [0.717, 1.165) is 21.8 Å². The van der Waals surface area contributed by atoms with Gasteiger partial charge in [0.05, 0.1) is 4.91 Å². The molecule has 0 saturated heterocycles. The van der Waals surface area contributed by atoms with Crippen LogP contribution in [0.5, 0.6) is 0 Å². The molecule has 0 heterocycles. The maximum atomic E-state index is 11.4. The Morgan fingerprint density at radius 2 is 2.00 bits per heavy atom. The first-order valence-electron chi connectivity index (χ1n) is 4.47. The van der Waals surface area contributed by atoms with E-state index in [0.29, 0.717) is 10.5 Å². The van der Waals surface area contributed by atoms with Crippen LogP contribution in [0.4, 0.5) is 0 Å². The van der Waals surface area contributed by atoms with Gasteiger partial charge in [0.25, 0.3) is 5.91 Å². The fourth-order valence-corrected chi connectivity index (χ4v) is 1.82. The van der Waals surface area contributed by atoms with Crippen molar-refractivity contribution in [3.8, 4) is 0 Å². The van der Waals surface area contributed by atoms with Crippen molar-refractivity contribution in [1.82, 2.24) is 5.32 Å². The van der Waals surface area contributed by atoms with E-state index in [1.807, 2.05) is 24.3 Å². The van der Waals surface area contributed by atoms with Gasteiger partial charge in [-0.25, -0.2) is 0 Å². The Hall–Kier alpha value is -1.07. The highest BCUT2D eigenvalue weighted by Crippen LogP contribution is 2.18. The Balaban J connectivity index is 2.96. The molecule has 0 unspecified atom stereocenters. The molecular formula is C11H10BrNO2S. The Labute approximate surface area is 106 Å².